The number of pyridine rings is 1. The number of hydrogen-bond donors (Lipinski definition) is 2. The van der Waals surface area contributed by atoms with Crippen molar-refractivity contribution in [3.63, 3.8) is 0 Å². The highest BCUT2D eigenvalue weighted by Crippen LogP contribution is 2.43. The second-order valence-electron chi connectivity index (χ2n) is 2.27. The molecule has 1 rings (SSSR count). The summed E-state index contributed by atoms with van der Waals surface area (Å²) in [5, 5.41) is 0.310. The van der Waals surface area contributed by atoms with Crippen LogP contribution >= 0.6 is 35.4 Å². The number of rotatable bonds is 5. The van der Waals surface area contributed by atoms with E-state index in [-0.39, 0.29) is 5.52 Å². The van der Waals surface area contributed by atoms with Crippen molar-refractivity contribution in [3.8, 4) is 0 Å². The largest absolute Gasteiger partial charge is 0.494 e. The molecule has 0 aromatic carbocycles. The molecule has 0 fully saturated rings. The fraction of sp³-hybridized carbons (Fsp3) is 0.167. The van der Waals surface area contributed by atoms with Crippen LogP contribution in [-0.4, -0.2) is 15.4 Å². The average molecular weight is 317 g/mol. The Kier molecular flexibility index (Phi) is 4.98. The molecule has 0 spiro atoms. The number of aromatic nitrogens is 1. The van der Waals surface area contributed by atoms with Gasteiger partial charge in [0.25, 0.3) is 0 Å². The molecule has 0 aliphatic carbocycles. The first-order chi connectivity index (χ1) is 7.03. The second-order valence-corrected chi connectivity index (χ2v) is 4.49. The summed E-state index contributed by atoms with van der Waals surface area (Å²) in [5.74, 6) is 0. The molecule has 1 aromatic rings. The van der Waals surface area contributed by atoms with Crippen LogP contribution in [0.25, 0.3) is 0 Å². The maximum atomic E-state index is 11.0. The molecule has 9 heteroatoms. The lowest BCUT2D eigenvalue weighted by atomic mass is 10.4. The number of nitrogens with zero attached hydrogens (tertiary/aromatic N) is 1. The fourth-order valence-electron chi connectivity index (χ4n) is 0.635. The van der Waals surface area contributed by atoms with Gasteiger partial charge in [-0.05, 0) is 12.1 Å². The Morgan fingerprint density at radius 2 is 2.40 bits per heavy atom. The number of anilines is 1. The maximum absolute atomic E-state index is 11.0. The van der Waals surface area contributed by atoms with Gasteiger partial charge in [-0.25, -0.2) is 9.55 Å². The van der Waals surface area contributed by atoms with Gasteiger partial charge >= 0.3 is 7.82 Å². The van der Waals surface area contributed by atoms with E-state index in [1.54, 1.807) is 0 Å². The van der Waals surface area contributed by atoms with Crippen LogP contribution in [0, 0.1) is 0 Å². The summed E-state index contributed by atoms with van der Waals surface area (Å²) in [6.45, 7) is 0. The van der Waals surface area contributed by atoms with E-state index in [1.165, 1.54) is 18.3 Å². The summed E-state index contributed by atoms with van der Waals surface area (Å²) in [6, 6.07) is 3.03. The minimum absolute atomic E-state index is 0.110. The minimum Gasteiger partial charge on any atom is -0.301 e. The molecule has 6 nitrogen and oxygen atoms in total. The van der Waals surface area contributed by atoms with E-state index in [0.29, 0.717) is 10.8 Å². The third-order valence-electron chi connectivity index (χ3n) is 1.22. The summed E-state index contributed by atoms with van der Waals surface area (Å²) < 4.78 is 19.8. The number of alkyl halides is 1. The van der Waals surface area contributed by atoms with Gasteiger partial charge in [-0.2, -0.15) is 4.62 Å². The van der Waals surface area contributed by atoms with E-state index in [2.05, 4.69) is 35.5 Å². The first-order valence-corrected chi connectivity index (χ1v) is 6.62. The van der Waals surface area contributed by atoms with Crippen molar-refractivity contribution >= 4 is 41.0 Å². The average Bonchev–Trinajstić information content (AvgIpc) is 2.17. The molecular weight excluding hydrogens is 310 g/mol. The van der Waals surface area contributed by atoms with Gasteiger partial charge in [-0.3, -0.25) is 10.0 Å². The highest BCUT2D eigenvalue weighted by atomic mass is 79.9. The van der Waals surface area contributed by atoms with E-state index in [0.717, 1.165) is 0 Å². The zero-order valence-electron chi connectivity index (χ0n) is 7.26. The number of halogens is 2. The number of phosphoric acid groups is 1. The van der Waals surface area contributed by atoms with Crippen LogP contribution in [0.2, 0.25) is 5.15 Å². The summed E-state index contributed by atoms with van der Waals surface area (Å²) in [6.07, 6.45) is 1.34. The third kappa shape index (κ3) is 4.92. The predicted octanol–water partition coefficient (Wildman–Crippen LogP) is 2.55. The molecule has 84 valence electrons. The molecule has 0 bridgehead atoms. The van der Waals surface area contributed by atoms with Crippen molar-refractivity contribution in [1.29, 1.82) is 0 Å². The van der Waals surface area contributed by atoms with Gasteiger partial charge in [0.05, 0.1) is 11.9 Å². The Hall–Kier alpha value is -0.170. The first kappa shape index (κ1) is 12.9. The van der Waals surface area contributed by atoms with Crippen LogP contribution in [0.1, 0.15) is 0 Å². The van der Waals surface area contributed by atoms with Crippen LogP contribution in [-0.2, 0) is 13.7 Å². The number of nitrogens with one attached hydrogen (secondary N) is 1. The van der Waals surface area contributed by atoms with E-state index >= 15 is 0 Å². The van der Waals surface area contributed by atoms with Crippen LogP contribution in [0.4, 0.5) is 5.69 Å². The number of phosphoric ester groups is 1. The van der Waals surface area contributed by atoms with Crippen molar-refractivity contribution < 1.29 is 18.6 Å². The quantitative estimate of drug-likeness (QED) is 0.376. The van der Waals surface area contributed by atoms with Crippen molar-refractivity contribution in [2.75, 3.05) is 11.0 Å². The molecule has 0 saturated heterocycles. The lowest BCUT2D eigenvalue weighted by Crippen LogP contribution is -2.01. The van der Waals surface area contributed by atoms with Gasteiger partial charge < -0.3 is 4.89 Å². The minimum atomic E-state index is -4.09. The normalized spacial score (nSPS) is 14.6. The predicted molar refractivity (Wildman–Crippen MR) is 58.7 cm³/mol. The highest BCUT2D eigenvalue weighted by Gasteiger charge is 2.20. The molecule has 0 saturated carbocycles. The van der Waals surface area contributed by atoms with E-state index in [1.807, 2.05) is 0 Å². The Balaban J connectivity index is 2.50. The fourth-order valence-corrected chi connectivity index (χ4v) is 1.92. The Labute approximate surface area is 99.3 Å². The monoisotopic (exact) mass is 316 g/mol. The van der Waals surface area contributed by atoms with E-state index < -0.39 is 7.82 Å². The highest BCUT2D eigenvalue weighted by molar-refractivity contribution is 9.09. The first-order valence-electron chi connectivity index (χ1n) is 3.63. The van der Waals surface area contributed by atoms with Crippen LogP contribution in [0.5, 0.6) is 0 Å². The summed E-state index contributed by atoms with van der Waals surface area (Å²) >= 11 is 8.37. The molecule has 0 radical (unpaired) electrons. The summed E-state index contributed by atoms with van der Waals surface area (Å²) in [5.41, 5.74) is 2.49. The summed E-state index contributed by atoms with van der Waals surface area (Å²) in [7, 11) is -4.09. The molecular formula is C6H7BrClN2O4P. The van der Waals surface area contributed by atoms with Crippen molar-refractivity contribution in [2.24, 2.45) is 0 Å². The molecule has 1 unspecified atom stereocenters. The van der Waals surface area contributed by atoms with Crippen LogP contribution in [0.3, 0.4) is 0 Å². The Bertz CT molecular complexity index is 363. The lowest BCUT2D eigenvalue weighted by molar-refractivity contribution is 0.197. The molecule has 15 heavy (non-hydrogen) atoms. The standard InChI is InChI=1S/C6H7BrClN2O4P/c7-4-13-15(11,12)14-10-5-1-2-6(8)9-3-5/h1-3,10H,4H2,(H,11,12). The zero-order valence-corrected chi connectivity index (χ0v) is 10.5. The number of hydrogen-bond acceptors (Lipinski definition) is 5. The second kappa shape index (κ2) is 5.79. The smallest absolute Gasteiger partial charge is 0.301 e. The van der Waals surface area contributed by atoms with Crippen LogP contribution in [0.15, 0.2) is 18.3 Å². The van der Waals surface area contributed by atoms with E-state index in [9.17, 15) is 4.57 Å². The lowest BCUT2D eigenvalue weighted by Gasteiger charge is -2.10. The zero-order chi connectivity index (χ0) is 11.3. The van der Waals surface area contributed by atoms with Gasteiger partial charge in [-0.15, -0.1) is 0 Å². The Morgan fingerprint density at radius 3 is 2.93 bits per heavy atom. The van der Waals surface area contributed by atoms with Gasteiger partial charge in [0.1, 0.15) is 10.7 Å². The maximum Gasteiger partial charge on any atom is 0.494 e. The van der Waals surface area contributed by atoms with Gasteiger partial charge in [0, 0.05) is 0 Å². The SMILES string of the molecule is O=P(O)(OCBr)ONc1ccc(Cl)nc1. The van der Waals surface area contributed by atoms with Crippen molar-refractivity contribution in [2.45, 2.75) is 0 Å². The van der Waals surface area contributed by atoms with Gasteiger partial charge in [0.15, 0.2) is 0 Å². The molecule has 1 atom stereocenters. The molecule has 0 aliphatic heterocycles. The third-order valence-corrected chi connectivity index (χ3v) is 2.80. The van der Waals surface area contributed by atoms with Crippen molar-refractivity contribution in [3.05, 3.63) is 23.5 Å². The topological polar surface area (TPSA) is 80.7 Å². The van der Waals surface area contributed by atoms with E-state index in [4.69, 9.17) is 16.5 Å². The molecule has 1 aromatic heterocycles. The van der Waals surface area contributed by atoms with Crippen LogP contribution < -0.4 is 5.48 Å². The molecule has 2 N–H and O–H groups in total. The van der Waals surface area contributed by atoms with Gasteiger partial charge in [-0.1, -0.05) is 27.5 Å². The Morgan fingerprint density at radius 1 is 1.67 bits per heavy atom. The molecule has 0 aliphatic rings. The van der Waals surface area contributed by atoms with Crippen molar-refractivity contribution in [1.82, 2.24) is 4.98 Å². The van der Waals surface area contributed by atoms with Gasteiger partial charge in [0.2, 0.25) is 0 Å². The molecule has 1 heterocycles. The summed E-state index contributed by atoms with van der Waals surface area (Å²) in [4.78, 5) is 12.7. The molecule has 0 amide bonds.